The molecule has 2 N–H and O–H groups in total. The first-order valence-corrected chi connectivity index (χ1v) is 6.32. The van der Waals surface area contributed by atoms with Crippen molar-refractivity contribution < 1.29 is 19.1 Å². The number of rotatable bonds is 2. The Morgan fingerprint density at radius 3 is 2.85 bits per heavy atom. The number of carbonyl (C=O) groups excluding carboxylic acids is 1. The van der Waals surface area contributed by atoms with Gasteiger partial charge in [0.15, 0.2) is 5.78 Å². The fourth-order valence-corrected chi connectivity index (χ4v) is 2.70. The van der Waals surface area contributed by atoms with Crippen LogP contribution in [0.25, 0.3) is 10.9 Å². The van der Waals surface area contributed by atoms with Crippen LogP contribution >= 0.6 is 0 Å². The van der Waals surface area contributed by atoms with Gasteiger partial charge in [-0.2, -0.15) is 0 Å². The van der Waals surface area contributed by atoms with Gasteiger partial charge in [0.2, 0.25) is 0 Å². The Kier molecular flexibility index (Phi) is 2.93. The number of Topliss-reactive ketones (excluding diaryl/α,β-unsaturated/α-hetero) is 1. The standard InChI is InChI=1S/C14H13FN2O3/c15-8-5-12(17(7-8)14(19)20)13(18)10-6-16-11-4-2-1-3-9(10)11/h1-4,6,8,12,16H,5,7H2,(H,19,20)/t8-,12-/m0/s1. The van der Waals surface area contributed by atoms with Gasteiger partial charge >= 0.3 is 6.09 Å². The topological polar surface area (TPSA) is 73.4 Å². The number of nitrogens with one attached hydrogen (secondary N) is 1. The van der Waals surface area contributed by atoms with Crippen LogP contribution in [0.3, 0.4) is 0 Å². The van der Waals surface area contributed by atoms with Crippen LogP contribution in [-0.4, -0.2) is 45.6 Å². The maximum absolute atomic E-state index is 13.4. The number of hydrogen-bond donors (Lipinski definition) is 2. The molecule has 0 bridgehead atoms. The predicted octanol–water partition coefficient (Wildman–Crippen LogP) is 2.44. The number of para-hydroxylation sites is 1. The van der Waals surface area contributed by atoms with E-state index in [0.29, 0.717) is 5.56 Å². The van der Waals surface area contributed by atoms with Crippen LogP contribution < -0.4 is 0 Å². The number of carbonyl (C=O) groups is 2. The molecule has 1 aromatic heterocycles. The van der Waals surface area contributed by atoms with Gasteiger partial charge in [-0.05, 0) is 6.07 Å². The SMILES string of the molecule is O=C(c1c[nH]c2ccccc12)[C@@H]1C[C@H](F)CN1C(=O)O. The van der Waals surface area contributed by atoms with E-state index < -0.39 is 18.3 Å². The minimum Gasteiger partial charge on any atom is -0.465 e. The van der Waals surface area contributed by atoms with Crippen molar-refractivity contribution in [3.63, 3.8) is 0 Å². The first-order valence-electron chi connectivity index (χ1n) is 6.32. The summed E-state index contributed by atoms with van der Waals surface area (Å²) in [4.78, 5) is 27.4. The minimum atomic E-state index is -1.29. The fourth-order valence-electron chi connectivity index (χ4n) is 2.70. The molecule has 0 aliphatic carbocycles. The lowest BCUT2D eigenvalue weighted by Gasteiger charge is -2.19. The number of amides is 1. The van der Waals surface area contributed by atoms with E-state index in [2.05, 4.69) is 4.98 Å². The van der Waals surface area contributed by atoms with Gasteiger partial charge in [-0.3, -0.25) is 9.69 Å². The molecule has 104 valence electrons. The zero-order chi connectivity index (χ0) is 14.3. The maximum atomic E-state index is 13.4. The van der Waals surface area contributed by atoms with Crippen LogP contribution in [0.1, 0.15) is 16.8 Å². The van der Waals surface area contributed by atoms with Gasteiger partial charge in [0.1, 0.15) is 12.2 Å². The second kappa shape index (κ2) is 4.63. The number of fused-ring (bicyclic) bond motifs is 1. The molecule has 20 heavy (non-hydrogen) atoms. The second-order valence-corrected chi connectivity index (χ2v) is 4.90. The lowest BCUT2D eigenvalue weighted by molar-refractivity contribution is 0.0846. The summed E-state index contributed by atoms with van der Waals surface area (Å²) in [7, 11) is 0. The van der Waals surface area contributed by atoms with Crippen LogP contribution in [0, 0.1) is 0 Å². The fraction of sp³-hybridized carbons (Fsp3) is 0.286. The van der Waals surface area contributed by atoms with Crippen molar-refractivity contribution in [2.75, 3.05) is 6.54 Å². The van der Waals surface area contributed by atoms with Crippen molar-refractivity contribution in [1.29, 1.82) is 0 Å². The molecule has 1 fully saturated rings. The summed E-state index contributed by atoms with van der Waals surface area (Å²) in [5.74, 6) is -0.356. The highest BCUT2D eigenvalue weighted by molar-refractivity contribution is 6.11. The Bertz CT molecular complexity index is 682. The molecule has 1 saturated heterocycles. The van der Waals surface area contributed by atoms with Gasteiger partial charge in [0.05, 0.1) is 6.54 Å². The Morgan fingerprint density at radius 2 is 2.10 bits per heavy atom. The number of hydrogen-bond acceptors (Lipinski definition) is 2. The molecule has 2 heterocycles. The number of nitrogens with zero attached hydrogens (tertiary/aromatic N) is 1. The summed E-state index contributed by atoms with van der Waals surface area (Å²) in [5.41, 5.74) is 1.21. The van der Waals surface area contributed by atoms with Crippen molar-refractivity contribution in [2.24, 2.45) is 0 Å². The number of carboxylic acid groups (broad SMARTS) is 1. The molecule has 5 nitrogen and oxygen atoms in total. The van der Waals surface area contributed by atoms with Crippen molar-refractivity contribution in [3.05, 3.63) is 36.0 Å². The number of benzene rings is 1. The van der Waals surface area contributed by atoms with Crippen molar-refractivity contribution in [2.45, 2.75) is 18.6 Å². The van der Waals surface area contributed by atoms with E-state index in [0.717, 1.165) is 15.8 Å². The molecule has 1 amide bonds. The Balaban J connectivity index is 1.98. The van der Waals surface area contributed by atoms with Gasteiger partial charge in [0.25, 0.3) is 0 Å². The summed E-state index contributed by atoms with van der Waals surface area (Å²) in [6, 6.07) is 6.31. The first-order chi connectivity index (χ1) is 9.58. The zero-order valence-electron chi connectivity index (χ0n) is 10.5. The quantitative estimate of drug-likeness (QED) is 0.827. The molecule has 6 heteroatoms. The molecule has 0 saturated carbocycles. The van der Waals surface area contributed by atoms with E-state index in [1.807, 2.05) is 12.1 Å². The average molecular weight is 276 g/mol. The Hall–Kier alpha value is -2.37. The molecule has 3 rings (SSSR count). The molecule has 1 aliphatic heterocycles. The highest BCUT2D eigenvalue weighted by Gasteiger charge is 2.40. The molecular weight excluding hydrogens is 263 g/mol. The third-order valence-electron chi connectivity index (χ3n) is 3.65. The zero-order valence-corrected chi connectivity index (χ0v) is 10.5. The largest absolute Gasteiger partial charge is 0.465 e. The highest BCUT2D eigenvalue weighted by atomic mass is 19.1. The highest BCUT2D eigenvalue weighted by Crippen LogP contribution is 2.27. The number of likely N-dealkylation sites (tertiary alicyclic amines) is 1. The van der Waals surface area contributed by atoms with Gasteiger partial charge < -0.3 is 10.1 Å². The predicted molar refractivity (Wildman–Crippen MR) is 70.7 cm³/mol. The maximum Gasteiger partial charge on any atom is 0.408 e. The molecule has 1 aromatic carbocycles. The monoisotopic (exact) mass is 276 g/mol. The Labute approximate surface area is 114 Å². The molecule has 2 atom stereocenters. The molecular formula is C14H13FN2O3. The lowest BCUT2D eigenvalue weighted by atomic mass is 10.0. The van der Waals surface area contributed by atoms with E-state index >= 15 is 0 Å². The van der Waals surface area contributed by atoms with Crippen LogP contribution in [0.4, 0.5) is 9.18 Å². The lowest BCUT2D eigenvalue weighted by Crippen LogP contribution is -2.39. The van der Waals surface area contributed by atoms with Crippen LogP contribution in [0.15, 0.2) is 30.5 Å². The summed E-state index contributed by atoms with van der Waals surface area (Å²) in [6.45, 7) is -0.242. The molecule has 1 aliphatic rings. The molecule has 2 aromatic rings. The van der Waals surface area contributed by atoms with Crippen molar-refractivity contribution >= 4 is 22.8 Å². The smallest absolute Gasteiger partial charge is 0.408 e. The van der Waals surface area contributed by atoms with E-state index in [9.17, 15) is 14.0 Å². The third kappa shape index (κ3) is 1.93. The summed E-state index contributed by atoms with van der Waals surface area (Å²) >= 11 is 0. The van der Waals surface area contributed by atoms with Crippen molar-refractivity contribution in [3.8, 4) is 0 Å². The Morgan fingerprint density at radius 1 is 1.35 bits per heavy atom. The van der Waals surface area contributed by atoms with E-state index in [-0.39, 0.29) is 18.7 Å². The van der Waals surface area contributed by atoms with Gasteiger partial charge in [0, 0.05) is 29.1 Å². The first kappa shape index (κ1) is 12.7. The van der Waals surface area contributed by atoms with Crippen LogP contribution in [0.5, 0.6) is 0 Å². The van der Waals surface area contributed by atoms with Crippen molar-refractivity contribution in [1.82, 2.24) is 9.88 Å². The number of H-pyrrole nitrogens is 1. The summed E-state index contributed by atoms with van der Waals surface area (Å²) in [5, 5.41) is 9.79. The number of alkyl halides is 1. The average Bonchev–Trinajstić information content (AvgIpc) is 3.01. The van der Waals surface area contributed by atoms with E-state index in [4.69, 9.17) is 5.11 Å². The molecule has 0 spiro atoms. The summed E-state index contributed by atoms with van der Waals surface area (Å²) < 4.78 is 13.4. The molecule has 0 radical (unpaired) electrons. The van der Waals surface area contributed by atoms with E-state index in [1.54, 1.807) is 18.3 Å². The van der Waals surface area contributed by atoms with Crippen LogP contribution in [-0.2, 0) is 0 Å². The van der Waals surface area contributed by atoms with Crippen LogP contribution in [0.2, 0.25) is 0 Å². The van der Waals surface area contributed by atoms with Gasteiger partial charge in [-0.25, -0.2) is 9.18 Å². The third-order valence-corrected chi connectivity index (χ3v) is 3.65. The second-order valence-electron chi connectivity index (χ2n) is 4.90. The minimum absolute atomic E-state index is 0.0787. The molecule has 0 unspecified atom stereocenters. The van der Waals surface area contributed by atoms with E-state index in [1.165, 1.54) is 0 Å². The number of ketones is 1. The summed E-state index contributed by atoms with van der Waals surface area (Å²) in [6.07, 6.45) is -1.07. The number of aromatic nitrogens is 1. The normalized spacial score (nSPS) is 22.4. The number of aromatic amines is 1. The van der Waals surface area contributed by atoms with Gasteiger partial charge in [-0.1, -0.05) is 18.2 Å². The number of halogens is 1. The van der Waals surface area contributed by atoms with Gasteiger partial charge in [-0.15, -0.1) is 0 Å².